The Morgan fingerprint density at radius 1 is 1.09 bits per heavy atom. The topological polar surface area (TPSA) is 41.1 Å². The Morgan fingerprint density at radius 3 is 2.50 bits per heavy atom. The van der Waals surface area contributed by atoms with E-state index in [1.165, 1.54) is 5.56 Å². The van der Waals surface area contributed by atoms with Crippen LogP contribution in [0.15, 0.2) is 48.5 Å². The van der Waals surface area contributed by atoms with E-state index in [-0.39, 0.29) is 11.9 Å². The number of nitrogens with one attached hydrogen (secondary N) is 2. The van der Waals surface area contributed by atoms with Crippen LogP contribution in [-0.2, 0) is 4.79 Å². The summed E-state index contributed by atoms with van der Waals surface area (Å²) in [5, 5.41) is 6.31. The van der Waals surface area contributed by atoms with Gasteiger partial charge >= 0.3 is 0 Å². The molecule has 0 fully saturated rings. The highest BCUT2D eigenvalue weighted by Gasteiger charge is 2.11. The molecular weight excluding hydrogens is 272 g/mol. The summed E-state index contributed by atoms with van der Waals surface area (Å²) in [5.74, 6) is -0.0110. The lowest BCUT2D eigenvalue weighted by Gasteiger charge is -2.17. The lowest BCUT2D eigenvalue weighted by Crippen LogP contribution is -2.31. The minimum atomic E-state index is -0.0110. The predicted octanol–water partition coefficient (Wildman–Crippen LogP) is 3.98. The van der Waals surface area contributed by atoms with Crippen molar-refractivity contribution in [1.82, 2.24) is 5.32 Å². The number of hydrogen-bond acceptors (Lipinski definition) is 2. The number of rotatable bonds is 6. The number of aryl methyl sites for hydroxylation is 2. The lowest BCUT2D eigenvalue weighted by molar-refractivity contribution is -0.115. The van der Waals surface area contributed by atoms with Gasteiger partial charge in [0.05, 0.1) is 6.54 Å². The number of carbonyl (C=O) groups excluding carboxylic acids is 1. The molecule has 0 saturated carbocycles. The first-order chi connectivity index (χ1) is 10.6. The van der Waals surface area contributed by atoms with E-state index in [1.54, 1.807) is 0 Å². The summed E-state index contributed by atoms with van der Waals surface area (Å²) in [7, 11) is 0. The van der Waals surface area contributed by atoms with Gasteiger partial charge in [0.2, 0.25) is 5.91 Å². The molecule has 2 rings (SSSR count). The molecule has 1 amide bonds. The zero-order valence-electron chi connectivity index (χ0n) is 13.5. The monoisotopic (exact) mass is 296 g/mol. The van der Waals surface area contributed by atoms with Crippen molar-refractivity contribution in [2.45, 2.75) is 33.2 Å². The Morgan fingerprint density at radius 2 is 1.82 bits per heavy atom. The summed E-state index contributed by atoms with van der Waals surface area (Å²) in [6.07, 6.45) is 0.945. The number of amides is 1. The minimum Gasteiger partial charge on any atom is -0.325 e. The van der Waals surface area contributed by atoms with Crippen molar-refractivity contribution in [2.24, 2.45) is 0 Å². The van der Waals surface area contributed by atoms with Crippen molar-refractivity contribution in [3.05, 3.63) is 65.2 Å². The molecule has 0 spiro atoms. The fourth-order valence-electron chi connectivity index (χ4n) is 2.46. The molecule has 2 N–H and O–H groups in total. The third kappa shape index (κ3) is 4.43. The van der Waals surface area contributed by atoms with Crippen LogP contribution in [0.25, 0.3) is 0 Å². The fourth-order valence-corrected chi connectivity index (χ4v) is 2.46. The Labute approximate surface area is 132 Å². The maximum atomic E-state index is 12.2. The molecule has 0 radical (unpaired) electrons. The lowest BCUT2D eigenvalue weighted by atomic mass is 10.0. The van der Waals surface area contributed by atoms with Crippen LogP contribution in [0.4, 0.5) is 5.69 Å². The van der Waals surface area contributed by atoms with E-state index < -0.39 is 0 Å². The van der Waals surface area contributed by atoms with Crippen LogP contribution in [0.5, 0.6) is 0 Å². The molecule has 0 aromatic heterocycles. The first-order valence-electron chi connectivity index (χ1n) is 7.75. The summed E-state index contributed by atoms with van der Waals surface area (Å²) in [5.41, 5.74) is 4.32. The van der Waals surface area contributed by atoms with E-state index in [9.17, 15) is 4.79 Å². The molecule has 0 bridgehead atoms. The molecular formula is C19H24N2O. The summed E-state index contributed by atoms with van der Waals surface area (Å²) < 4.78 is 0. The van der Waals surface area contributed by atoms with Crippen molar-refractivity contribution in [1.29, 1.82) is 0 Å². The van der Waals surface area contributed by atoms with Gasteiger partial charge in [0, 0.05) is 11.7 Å². The van der Waals surface area contributed by atoms with Crippen LogP contribution >= 0.6 is 0 Å². The van der Waals surface area contributed by atoms with Crippen LogP contribution < -0.4 is 10.6 Å². The van der Waals surface area contributed by atoms with Crippen molar-refractivity contribution < 1.29 is 4.79 Å². The summed E-state index contributed by atoms with van der Waals surface area (Å²) >= 11 is 0. The molecule has 0 aliphatic rings. The van der Waals surface area contributed by atoms with Crippen molar-refractivity contribution >= 4 is 11.6 Å². The number of carbonyl (C=O) groups is 1. The van der Waals surface area contributed by atoms with E-state index in [1.807, 2.05) is 50.2 Å². The Bertz CT molecular complexity index is 623. The normalized spacial score (nSPS) is 12.0. The molecule has 3 heteroatoms. The number of benzene rings is 2. The van der Waals surface area contributed by atoms with Crippen molar-refractivity contribution in [3.8, 4) is 0 Å². The zero-order valence-corrected chi connectivity index (χ0v) is 13.5. The molecule has 22 heavy (non-hydrogen) atoms. The van der Waals surface area contributed by atoms with E-state index in [0.717, 1.165) is 23.2 Å². The minimum absolute atomic E-state index is 0.0110. The zero-order chi connectivity index (χ0) is 15.9. The molecule has 1 unspecified atom stereocenters. The summed E-state index contributed by atoms with van der Waals surface area (Å²) in [6, 6.07) is 16.5. The van der Waals surface area contributed by atoms with Gasteiger partial charge in [-0.25, -0.2) is 0 Å². The van der Waals surface area contributed by atoms with Gasteiger partial charge in [0.1, 0.15) is 0 Å². The van der Waals surface area contributed by atoms with Crippen molar-refractivity contribution in [3.63, 3.8) is 0 Å². The average molecular weight is 296 g/mol. The third-order valence-electron chi connectivity index (χ3n) is 3.79. The quantitative estimate of drug-likeness (QED) is 0.846. The van der Waals surface area contributed by atoms with E-state index in [4.69, 9.17) is 0 Å². The maximum absolute atomic E-state index is 12.2. The second-order valence-electron chi connectivity index (χ2n) is 5.62. The van der Waals surface area contributed by atoms with Crippen molar-refractivity contribution in [2.75, 3.05) is 11.9 Å². The average Bonchev–Trinajstić information content (AvgIpc) is 2.52. The summed E-state index contributed by atoms with van der Waals surface area (Å²) in [4.78, 5) is 12.2. The Kier molecular flexibility index (Phi) is 5.73. The second-order valence-corrected chi connectivity index (χ2v) is 5.62. The molecule has 0 aliphatic heterocycles. The number of anilines is 1. The first-order valence-corrected chi connectivity index (χ1v) is 7.75. The molecule has 3 nitrogen and oxygen atoms in total. The van der Waals surface area contributed by atoms with E-state index in [2.05, 4.69) is 29.7 Å². The highest BCUT2D eigenvalue weighted by molar-refractivity contribution is 5.93. The molecule has 2 aromatic rings. The van der Waals surface area contributed by atoms with Crippen LogP contribution in [-0.4, -0.2) is 12.5 Å². The van der Waals surface area contributed by atoms with Crippen LogP contribution in [0.1, 0.15) is 36.1 Å². The highest BCUT2D eigenvalue weighted by Crippen LogP contribution is 2.17. The Balaban J connectivity index is 1.93. The smallest absolute Gasteiger partial charge is 0.238 e. The summed E-state index contributed by atoms with van der Waals surface area (Å²) in [6.45, 7) is 6.45. The van der Waals surface area contributed by atoms with Gasteiger partial charge in [-0.1, -0.05) is 49.4 Å². The SMILES string of the molecule is CCC(NCC(=O)Nc1cc(C)ccc1C)c1ccccc1. The third-order valence-corrected chi connectivity index (χ3v) is 3.79. The van der Waals surface area contributed by atoms with Gasteiger partial charge in [0.15, 0.2) is 0 Å². The van der Waals surface area contributed by atoms with Gasteiger partial charge in [-0.3, -0.25) is 4.79 Å². The second kappa shape index (κ2) is 7.76. The van der Waals surface area contributed by atoms with Gasteiger partial charge in [-0.05, 0) is 43.0 Å². The molecule has 1 atom stereocenters. The van der Waals surface area contributed by atoms with Gasteiger partial charge in [-0.15, -0.1) is 0 Å². The van der Waals surface area contributed by atoms with Crippen LogP contribution in [0.3, 0.4) is 0 Å². The predicted molar refractivity (Wildman–Crippen MR) is 92.0 cm³/mol. The standard InChI is InChI=1S/C19H24N2O/c1-4-17(16-8-6-5-7-9-16)20-13-19(22)21-18-12-14(2)10-11-15(18)3/h5-12,17,20H,4,13H2,1-3H3,(H,21,22). The Hall–Kier alpha value is -2.13. The molecule has 0 aliphatic carbocycles. The number of hydrogen-bond donors (Lipinski definition) is 2. The van der Waals surface area contributed by atoms with Crippen LogP contribution in [0.2, 0.25) is 0 Å². The molecule has 116 valence electrons. The van der Waals surface area contributed by atoms with Gasteiger partial charge in [0.25, 0.3) is 0 Å². The van der Waals surface area contributed by atoms with E-state index >= 15 is 0 Å². The fraction of sp³-hybridized carbons (Fsp3) is 0.316. The molecule has 0 heterocycles. The van der Waals surface area contributed by atoms with Gasteiger partial charge < -0.3 is 10.6 Å². The molecule has 0 saturated heterocycles. The first kappa shape index (κ1) is 16.2. The largest absolute Gasteiger partial charge is 0.325 e. The van der Waals surface area contributed by atoms with Gasteiger partial charge in [-0.2, -0.15) is 0 Å². The maximum Gasteiger partial charge on any atom is 0.238 e. The van der Waals surface area contributed by atoms with Crippen LogP contribution in [0, 0.1) is 13.8 Å². The molecule has 2 aromatic carbocycles. The highest BCUT2D eigenvalue weighted by atomic mass is 16.1. The van der Waals surface area contributed by atoms with E-state index in [0.29, 0.717) is 6.54 Å².